The van der Waals surface area contributed by atoms with Gasteiger partial charge in [-0.1, -0.05) is 0 Å². The van der Waals surface area contributed by atoms with E-state index in [9.17, 15) is 0 Å². The zero-order valence-corrected chi connectivity index (χ0v) is 15.4. The average molecular weight is 356 g/mol. The van der Waals surface area contributed by atoms with Crippen molar-refractivity contribution in [2.24, 2.45) is 4.99 Å². The number of aromatic nitrogens is 2. The molecule has 0 aliphatic carbocycles. The van der Waals surface area contributed by atoms with Gasteiger partial charge in [0.15, 0.2) is 5.76 Å². The number of pyridine rings is 1. The van der Waals surface area contributed by atoms with Crippen molar-refractivity contribution in [3.05, 3.63) is 47.9 Å². The van der Waals surface area contributed by atoms with Crippen LogP contribution in [0.1, 0.15) is 12.6 Å². The van der Waals surface area contributed by atoms with Gasteiger partial charge in [0.1, 0.15) is 5.65 Å². The van der Waals surface area contributed by atoms with Gasteiger partial charge in [0.2, 0.25) is 0 Å². The Morgan fingerprint density at radius 2 is 2.04 bits per heavy atom. The number of allylic oxidation sites excluding steroid dienone is 2. The maximum Gasteiger partial charge on any atom is 0.256 e. The maximum atomic E-state index is 5.44. The second-order valence-electron chi connectivity index (χ2n) is 5.92. The number of hydrogen-bond acceptors (Lipinski definition) is 6. The Morgan fingerprint density at radius 3 is 2.69 bits per heavy atom. The molecule has 0 saturated carbocycles. The summed E-state index contributed by atoms with van der Waals surface area (Å²) >= 11 is 0. The SMILES string of the molecule is C=NC(OC)=C(C=C(C)c1cnc2ccc(N3CCOCC3)cn12)OC. The van der Waals surface area contributed by atoms with E-state index in [-0.39, 0.29) is 0 Å². The third-order valence-corrected chi connectivity index (χ3v) is 4.39. The number of morpholine rings is 1. The van der Waals surface area contributed by atoms with Gasteiger partial charge in [-0.15, -0.1) is 0 Å². The van der Waals surface area contributed by atoms with E-state index in [1.165, 1.54) is 7.11 Å². The molecule has 0 amide bonds. The summed E-state index contributed by atoms with van der Waals surface area (Å²) in [6, 6.07) is 4.13. The zero-order chi connectivity index (χ0) is 18.5. The molecule has 1 aliphatic heterocycles. The van der Waals surface area contributed by atoms with Crippen LogP contribution in [0.25, 0.3) is 11.2 Å². The summed E-state index contributed by atoms with van der Waals surface area (Å²) in [5.74, 6) is 0.856. The van der Waals surface area contributed by atoms with E-state index in [1.54, 1.807) is 7.11 Å². The fourth-order valence-electron chi connectivity index (χ4n) is 2.99. The Morgan fingerprint density at radius 1 is 1.27 bits per heavy atom. The summed E-state index contributed by atoms with van der Waals surface area (Å²) in [6.45, 7) is 8.80. The minimum absolute atomic E-state index is 0.342. The molecule has 0 radical (unpaired) electrons. The molecule has 0 unspecified atom stereocenters. The first-order chi connectivity index (χ1) is 12.7. The smallest absolute Gasteiger partial charge is 0.256 e. The van der Waals surface area contributed by atoms with E-state index in [4.69, 9.17) is 14.2 Å². The molecule has 3 rings (SSSR count). The fraction of sp³-hybridized carbons (Fsp3) is 0.368. The molecule has 1 aliphatic rings. The van der Waals surface area contributed by atoms with Crippen LogP contribution < -0.4 is 4.90 Å². The topological polar surface area (TPSA) is 60.6 Å². The Labute approximate surface area is 153 Å². The van der Waals surface area contributed by atoms with E-state index >= 15 is 0 Å². The van der Waals surface area contributed by atoms with E-state index in [0.717, 1.165) is 48.9 Å². The van der Waals surface area contributed by atoms with Gasteiger partial charge in [0.25, 0.3) is 5.88 Å². The van der Waals surface area contributed by atoms with Crippen LogP contribution in [0.15, 0.2) is 47.2 Å². The second-order valence-corrected chi connectivity index (χ2v) is 5.92. The van der Waals surface area contributed by atoms with Crippen LogP contribution in [-0.2, 0) is 14.2 Å². The quantitative estimate of drug-likeness (QED) is 0.452. The van der Waals surface area contributed by atoms with Crippen LogP contribution in [0.3, 0.4) is 0 Å². The first kappa shape index (κ1) is 18.0. The molecule has 0 aromatic carbocycles. The molecule has 1 saturated heterocycles. The van der Waals surface area contributed by atoms with Gasteiger partial charge >= 0.3 is 0 Å². The van der Waals surface area contributed by atoms with Crippen LogP contribution in [0.2, 0.25) is 0 Å². The molecule has 2 aromatic rings. The summed E-state index contributed by atoms with van der Waals surface area (Å²) in [6.07, 6.45) is 5.84. The molecule has 2 aromatic heterocycles. The number of rotatable bonds is 6. The largest absolute Gasteiger partial charge is 0.491 e. The van der Waals surface area contributed by atoms with E-state index in [0.29, 0.717) is 11.6 Å². The molecular weight excluding hydrogens is 332 g/mol. The third-order valence-electron chi connectivity index (χ3n) is 4.39. The summed E-state index contributed by atoms with van der Waals surface area (Å²) in [5.41, 5.74) is 4.00. The highest BCUT2D eigenvalue weighted by Crippen LogP contribution is 2.23. The summed E-state index contributed by atoms with van der Waals surface area (Å²) in [4.78, 5) is 10.7. The van der Waals surface area contributed by atoms with Crippen molar-refractivity contribution in [3.8, 4) is 0 Å². The monoisotopic (exact) mass is 356 g/mol. The molecule has 0 atom stereocenters. The summed E-state index contributed by atoms with van der Waals surface area (Å²) in [5, 5.41) is 0. The average Bonchev–Trinajstić information content (AvgIpc) is 3.12. The highest BCUT2D eigenvalue weighted by molar-refractivity contribution is 5.67. The third kappa shape index (κ3) is 3.57. The first-order valence-electron chi connectivity index (χ1n) is 8.45. The van der Waals surface area contributed by atoms with Crippen molar-refractivity contribution in [1.29, 1.82) is 0 Å². The summed E-state index contributed by atoms with van der Waals surface area (Å²) < 4.78 is 18.1. The van der Waals surface area contributed by atoms with Gasteiger partial charge in [0, 0.05) is 19.3 Å². The molecule has 26 heavy (non-hydrogen) atoms. The molecule has 7 heteroatoms. The van der Waals surface area contributed by atoms with Gasteiger partial charge in [-0.25, -0.2) is 9.98 Å². The Balaban J connectivity index is 2.00. The fourth-order valence-corrected chi connectivity index (χ4v) is 2.99. The van der Waals surface area contributed by atoms with Gasteiger partial charge in [-0.05, 0) is 37.4 Å². The number of hydrogen-bond donors (Lipinski definition) is 0. The van der Waals surface area contributed by atoms with Gasteiger partial charge in [0.05, 0.1) is 45.0 Å². The Kier molecular flexibility index (Phi) is 5.58. The van der Waals surface area contributed by atoms with Crippen molar-refractivity contribution in [1.82, 2.24) is 9.38 Å². The van der Waals surface area contributed by atoms with Crippen LogP contribution in [-0.4, -0.2) is 56.6 Å². The van der Waals surface area contributed by atoms with E-state index < -0.39 is 0 Å². The predicted molar refractivity (Wildman–Crippen MR) is 102 cm³/mol. The number of methoxy groups -OCH3 is 2. The lowest BCUT2D eigenvalue weighted by Crippen LogP contribution is -2.36. The van der Waals surface area contributed by atoms with Crippen molar-refractivity contribution in [2.75, 3.05) is 45.4 Å². The first-order valence-corrected chi connectivity index (χ1v) is 8.45. The normalized spacial score (nSPS) is 16.4. The zero-order valence-electron chi connectivity index (χ0n) is 15.4. The highest BCUT2D eigenvalue weighted by Gasteiger charge is 2.14. The molecular formula is C19H24N4O3. The number of ether oxygens (including phenoxy) is 3. The van der Waals surface area contributed by atoms with Crippen LogP contribution in [0.4, 0.5) is 5.69 Å². The standard InChI is InChI=1S/C19H24N4O3/c1-14(11-17(24-3)19(20-2)25-4)16-12-21-18-6-5-15(13-23(16)18)22-7-9-26-10-8-22/h5-6,11-13H,2,7-10H2,1,3-4H3. The van der Waals surface area contributed by atoms with Crippen molar-refractivity contribution in [2.45, 2.75) is 6.92 Å². The summed E-state index contributed by atoms with van der Waals surface area (Å²) in [7, 11) is 3.11. The lowest BCUT2D eigenvalue weighted by atomic mass is 10.2. The number of fused-ring (bicyclic) bond motifs is 1. The van der Waals surface area contributed by atoms with Crippen LogP contribution >= 0.6 is 0 Å². The molecule has 138 valence electrons. The Hall–Kier alpha value is -2.80. The van der Waals surface area contributed by atoms with Crippen molar-refractivity contribution in [3.63, 3.8) is 0 Å². The second kappa shape index (κ2) is 8.05. The van der Waals surface area contributed by atoms with Crippen LogP contribution in [0, 0.1) is 0 Å². The predicted octanol–water partition coefficient (Wildman–Crippen LogP) is 2.74. The molecule has 3 heterocycles. The maximum absolute atomic E-state index is 5.44. The lowest BCUT2D eigenvalue weighted by Gasteiger charge is -2.28. The molecule has 1 fully saturated rings. The highest BCUT2D eigenvalue weighted by atomic mass is 16.5. The minimum Gasteiger partial charge on any atom is -0.491 e. The Bertz CT molecular complexity index is 848. The minimum atomic E-state index is 0.342. The van der Waals surface area contributed by atoms with Gasteiger partial charge in [-0.3, -0.25) is 4.40 Å². The molecule has 0 spiro atoms. The van der Waals surface area contributed by atoms with E-state index in [2.05, 4.69) is 38.3 Å². The molecule has 7 nitrogen and oxygen atoms in total. The van der Waals surface area contributed by atoms with Gasteiger partial charge < -0.3 is 19.1 Å². The van der Waals surface area contributed by atoms with Crippen molar-refractivity contribution < 1.29 is 14.2 Å². The number of anilines is 1. The van der Waals surface area contributed by atoms with Crippen LogP contribution in [0.5, 0.6) is 0 Å². The number of aliphatic imine (C=N–C) groups is 1. The van der Waals surface area contributed by atoms with Crippen molar-refractivity contribution >= 4 is 23.6 Å². The molecule has 0 bridgehead atoms. The number of nitrogens with zero attached hydrogens (tertiary/aromatic N) is 4. The molecule has 0 N–H and O–H groups in total. The number of imidazole rings is 1. The lowest BCUT2D eigenvalue weighted by molar-refractivity contribution is 0.122. The van der Waals surface area contributed by atoms with E-state index in [1.807, 2.05) is 25.3 Å². The van der Waals surface area contributed by atoms with Gasteiger partial charge in [-0.2, -0.15) is 0 Å².